The maximum Gasteiger partial charge on any atom is 0.231 e. The van der Waals surface area contributed by atoms with Crippen LogP contribution >= 0.6 is 0 Å². The van der Waals surface area contributed by atoms with Crippen LogP contribution in [0.4, 0.5) is 0 Å². The minimum atomic E-state index is 0.658. The van der Waals surface area contributed by atoms with Crippen LogP contribution in [0, 0.1) is 0 Å². The van der Waals surface area contributed by atoms with Crippen LogP contribution in [0.5, 0.6) is 0 Å². The zero-order chi connectivity index (χ0) is 18.2. The second-order valence-corrected chi connectivity index (χ2v) is 6.56. The third kappa shape index (κ3) is 2.68. The van der Waals surface area contributed by atoms with Crippen LogP contribution in [0.2, 0.25) is 0 Å². The smallest absolute Gasteiger partial charge is 0.231 e. The number of hydrogen-bond donors (Lipinski definition) is 0. The van der Waals surface area contributed by atoms with Gasteiger partial charge in [0.1, 0.15) is 11.4 Å². The molecule has 0 radical (unpaired) electrons. The number of rotatable bonds is 3. The van der Waals surface area contributed by atoms with Gasteiger partial charge >= 0.3 is 0 Å². The van der Waals surface area contributed by atoms with Crippen LogP contribution in [0.15, 0.2) is 83.3 Å². The van der Waals surface area contributed by atoms with Gasteiger partial charge < -0.3 is 4.42 Å². The van der Waals surface area contributed by atoms with Gasteiger partial charge in [-0.1, -0.05) is 79.7 Å². The van der Waals surface area contributed by atoms with E-state index in [0.29, 0.717) is 5.71 Å². The van der Waals surface area contributed by atoms with Crippen LogP contribution in [0.1, 0.15) is 12.7 Å². The lowest BCUT2D eigenvalue weighted by Crippen LogP contribution is -1.96. The SMILES string of the molecule is CCc1nc(-c2ccc(-c3ccccc3)cc2)c2c(n1)oc1ccccc12. The monoisotopic (exact) mass is 350 g/mol. The molecule has 0 amide bonds. The lowest BCUT2D eigenvalue weighted by atomic mass is 10.0. The number of aromatic nitrogens is 2. The Morgan fingerprint density at radius 1 is 0.704 bits per heavy atom. The molecule has 0 aliphatic carbocycles. The molecule has 0 bridgehead atoms. The fraction of sp³-hybridized carbons (Fsp3) is 0.0833. The van der Waals surface area contributed by atoms with E-state index in [1.807, 2.05) is 24.3 Å². The highest BCUT2D eigenvalue weighted by atomic mass is 16.3. The number of hydrogen-bond acceptors (Lipinski definition) is 3. The van der Waals surface area contributed by atoms with Gasteiger partial charge in [-0.25, -0.2) is 4.98 Å². The zero-order valence-electron chi connectivity index (χ0n) is 15.0. The van der Waals surface area contributed by atoms with Crippen molar-refractivity contribution in [2.75, 3.05) is 0 Å². The third-order valence-electron chi connectivity index (χ3n) is 4.87. The summed E-state index contributed by atoms with van der Waals surface area (Å²) in [6.45, 7) is 2.06. The predicted molar refractivity (Wildman–Crippen MR) is 110 cm³/mol. The highest BCUT2D eigenvalue weighted by Crippen LogP contribution is 2.35. The van der Waals surface area contributed by atoms with Crippen LogP contribution in [0.25, 0.3) is 44.5 Å². The molecule has 0 unspecified atom stereocenters. The van der Waals surface area contributed by atoms with Crippen LogP contribution in [-0.4, -0.2) is 9.97 Å². The summed E-state index contributed by atoms with van der Waals surface area (Å²) >= 11 is 0. The molecule has 0 spiro atoms. The largest absolute Gasteiger partial charge is 0.438 e. The van der Waals surface area contributed by atoms with Gasteiger partial charge in [0.25, 0.3) is 0 Å². The second kappa shape index (κ2) is 6.36. The lowest BCUT2D eigenvalue weighted by molar-refractivity contribution is 0.649. The van der Waals surface area contributed by atoms with E-state index in [1.165, 1.54) is 11.1 Å². The molecule has 0 aliphatic heterocycles. The van der Waals surface area contributed by atoms with Crippen molar-refractivity contribution in [3.05, 3.63) is 84.7 Å². The Labute approximate surface area is 157 Å². The molecule has 3 nitrogen and oxygen atoms in total. The Morgan fingerprint density at radius 3 is 2.15 bits per heavy atom. The van der Waals surface area contributed by atoms with Crippen molar-refractivity contribution in [1.82, 2.24) is 9.97 Å². The van der Waals surface area contributed by atoms with Gasteiger partial charge in [-0.2, -0.15) is 4.98 Å². The summed E-state index contributed by atoms with van der Waals surface area (Å²) in [5.74, 6) is 0.795. The molecule has 0 aliphatic rings. The Bertz CT molecular complexity index is 1240. The summed E-state index contributed by atoms with van der Waals surface area (Å²) in [4.78, 5) is 9.45. The topological polar surface area (TPSA) is 38.9 Å². The van der Waals surface area contributed by atoms with Gasteiger partial charge in [0.2, 0.25) is 5.71 Å². The fourth-order valence-corrected chi connectivity index (χ4v) is 3.49. The first-order valence-electron chi connectivity index (χ1n) is 9.17. The normalized spacial score (nSPS) is 11.3. The molecule has 5 aromatic rings. The quantitative estimate of drug-likeness (QED) is 0.385. The van der Waals surface area contributed by atoms with E-state index in [0.717, 1.165) is 39.9 Å². The summed E-state index contributed by atoms with van der Waals surface area (Å²) < 4.78 is 6.00. The van der Waals surface area contributed by atoms with E-state index in [4.69, 9.17) is 9.40 Å². The van der Waals surface area contributed by atoms with E-state index in [1.54, 1.807) is 0 Å². The van der Waals surface area contributed by atoms with E-state index in [2.05, 4.69) is 66.5 Å². The Kier molecular flexibility index (Phi) is 3.72. The molecule has 3 aromatic carbocycles. The molecule has 0 saturated heterocycles. The minimum absolute atomic E-state index is 0.658. The molecule has 5 rings (SSSR count). The van der Waals surface area contributed by atoms with Gasteiger partial charge in [-0.3, -0.25) is 0 Å². The Morgan fingerprint density at radius 2 is 1.37 bits per heavy atom. The predicted octanol–water partition coefficient (Wildman–Crippen LogP) is 6.27. The molecule has 27 heavy (non-hydrogen) atoms. The van der Waals surface area contributed by atoms with Crippen molar-refractivity contribution >= 4 is 22.1 Å². The molecule has 2 heterocycles. The summed E-state index contributed by atoms with van der Waals surface area (Å²) in [5, 5.41) is 2.03. The summed E-state index contributed by atoms with van der Waals surface area (Å²) in [7, 11) is 0. The average Bonchev–Trinajstić information content (AvgIpc) is 3.12. The number of benzene rings is 3. The number of fused-ring (bicyclic) bond motifs is 3. The highest BCUT2D eigenvalue weighted by molar-refractivity contribution is 6.10. The van der Waals surface area contributed by atoms with Gasteiger partial charge in [-0.15, -0.1) is 0 Å². The van der Waals surface area contributed by atoms with Crippen LogP contribution in [0.3, 0.4) is 0 Å². The van der Waals surface area contributed by atoms with Crippen molar-refractivity contribution in [3.63, 3.8) is 0 Å². The van der Waals surface area contributed by atoms with Crippen LogP contribution < -0.4 is 0 Å². The number of para-hydroxylation sites is 1. The molecule has 0 fully saturated rings. The average molecular weight is 350 g/mol. The van der Waals surface area contributed by atoms with E-state index in [9.17, 15) is 0 Å². The van der Waals surface area contributed by atoms with Gasteiger partial charge in [0.15, 0.2) is 0 Å². The Balaban J connectivity index is 1.72. The highest BCUT2D eigenvalue weighted by Gasteiger charge is 2.16. The van der Waals surface area contributed by atoms with Crippen LogP contribution in [-0.2, 0) is 6.42 Å². The molecule has 0 N–H and O–H groups in total. The van der Waals surface area contributed by atoms with E-state index < -0.39 is 0 Å². The van der Waals surface area contributed by atoms with E-state index >= 15 is 0 Å². The lowest BCUT2D eigenvalue weighted by Gasteiger charge is -2.07. The fourth-order valence-electron chi connectivity index (χ4n) is 3.49. The first-order valence-corrected chi connectivity index (χ1v) is 9.17. The maximum absolute atomic E-state index is 6.00. The maximum atomic E-state index is 6.00. The molecule has 2 aromatic heterocycles. The van der Waals surface area contributed by atoms with Gasteiger partial charge in [0, 0.05) is 17.4 Å². The van der Waals surface area contributed by atoms with Crippen molar-refractivity contribution in [2.45, 2.75) is 13.3 Å². The summed E-state index contributed by atoms with van der Waals surface area (Å²) in [5.41, 5.74) is 5.91. The standard InChI is InChI=1S/C24H18N2O/c1-2-21-25-23(22-19-10-6-7-11-20(19)27-24(22)26-21)18-14-12-17(13-15-18)16-8-4-3-5-9-16/h3-15H,2H2,1H3. The van der Waals surface area contributed by atoms with Gasteiger partial charge in [-0.05, 0) is 17.2 Å². The first kappa shape index (κ1) is 15.8. The van der Waals surface area contributed by atoms with Crippen molar-refractivity contribution in [1.29, 1.82) is 0 Å². The molecule has 3 heteroatoms. The van der Waals surface area contributed by atoms with Crippen molar-refractivity contribution < 1.29 is 4.42 Å². The number of aryl methyl sites for hydroxylation is 1. The van der Waals surface area contributed by atoms with E-state index in [-0.39, 0.29) is 0 Å². The number of furan rings is 1. The molecular weight excluding hydrogens is 332 g/mol. The second-order valence-electron chi connectivity index (χ2n) is 6.56. The van der Waals surface area contributed by atoms with Gasteiger partial charge in [0.05, 0.1) is 11.1 Å². The third-order valence-corrected chi connectivity index (χ3v) is 4.87. The first-order chi connectivity index (χ1) is 13.3. The Hall–Kier alpha value is -3.46. The van der Waals surface area contributed by atoms with Crippen molar-refractivity contribution in [3.8, 4) is 22.4 Å². The molecule has 0 atom stereocenters. The zero-order valence-corrected chi connectivity index (χ0v) is 15.0. The molecular formula is C24H18N2O. The number of nitrogens with zero attached hydrogens (tertiary/aromatic N) is 2. The van der Waals surface area contributed by atoms with Crippen molar-refractivity contribution in [2.24, 2.45) is 0 Å². The summed E-state index contributed by atoms with van der Waals surface area (Å²) in [6.07, 6.45) is 0.766. The summed E-state index contributed by atoms with van der Waals surface area (Å²) in [6, 6.07) is 27.0. The molecule has 130 valence electrons. The minimum Gasteiger partial charge on any atom is -0.438 e. The molecule has 0 saturated carbocycles.